The van der Waals surface area contributed by atoms with E-state index < -0.39 is 0 Å². The number of phenolic OH excluding ortho intramolecular Hbond substituents is 2. The summed E-state index contributed by atoms with van der Waals surface area (Å²) in [4.78, 5) is 12.0. The zero-order valence-electron chi connectivity index (χ0n) is 10.8. The Hall–Kier alpha value is -2.20. The molecule has 104 valence electrons. The van der Waals surface area contributed by atoms with Crippen molar-refractivity contribution in [3.05, 3.63) is 52.5 Å². The zero-order chi connectivity index (χ0) is 14.7. The highest BCUT2D eigenvalue weighted by Crippen LogP contribution is 2.27. The molecule has 0 fully saturated rings. The first-order valence-corrected chi connectivity index (χ1v) is 6.29. The minimum absolute atomic E-state index is 0.0577. The van der Waals surface area contributed by atoms with Gasteiger partial charge in [0.15, 0.2) is 6.61 Å². The molecule has 5 heteroatoms. The first-order valence-electron chi connectivity index (χ1n) is 5.91. The van der Waals surface area contributed by atoms with Crippen LogP contribution in [0.3, 0.4) is 0 Å². The number of benzene rings is 2. The molecule has 0 atom stereocenters. The predicted molar refractivity (Wildman–Crippen MR) is 75.8 cm³/mol. The Morgan fingerprint density at radius 3 is 2.45 bits per heavy atom. The molecule has 2 N–H and O–H groups in total. The molecule has 0 aliphatic carbocycles. The lowest BCUT2D eigenvalue weighted by molar-refractivity contribution is 0.0918. The van der Waals surface area contributed by atoms with Crippen molar-refractivity contribution in [1.82, 2.24) is 0 Å². The van der Waals surface area contributed by atoms with Gasteiger partial charge in [0.25, 0.3) is 0 Å². The van der Waals surface area contributed by atoms with Crippen LogP contribution >= 0.6 is 11.6 Å². The van der Waals surface area contributed by atoms with Gasteiger partial charge in [-0.2, -0.15) is 0 Å². The first kappa shape index (κ1) is 14.2. The summed E-state index contributed by atoms with van der Waals surface area (Å²) >= 11 is 5.74. The molecule has 0 heterocycles. The number of halogens is 1. The summed E-state index contributed by atoms with van der Waals surface area (Å²) in [7, 11) is 0. The number of carbonyl (C=O) groups excluding carboxylic acids is 1. The van der Waals surface area contributed by atoms with Crippen LogP contribution in [0.25, 0.3) is 0 Å². The van der Waals surface area contributed by atoms with E-state index in [2.05, 4.69) is 0 Å². The fraction of sp³-hybridized carbons (Fsp3) is 0.133. The number of aryl methyl sites for hydroxylation is 1. The highest BCUT2D eigenvalue weighted by atomic mass is 35.5. The molecule has 20 heavy (non-hydrogen) atoms. The summed E-state index contributed by atoms with van der Waals surface area (Å²) < 4.78 is 5.32. The summed E-state index contributed by atoms with van der Waals surface area (Å²) in [6, 6.07) is 9.19. The lowest BCUT2D eigenvalue weighted by Gasteiger charge is -2.08. The highest BCUT2D eigenvalue weighted by Gasteiger charge is 2.14. The van der Waals surface area contributed by atoms with Crippen LogP contribution < -0.4 is 4.74 Å². The van der Waals surface area contributed by atoms with Gasteiger partial charge in [-0.15, -0.1) is 0 Å². The largest absolute Gasteiger partial charge is 0.508 e. The van der Waals surface area contributed by atoms with E-state index in [1.54, 1.807) is 31.2 Å². The maximum Gasteiger partial charge on any atom is 0.203 e. The maximum absolute atomic E-state index is 12.0. The number of phenols is 2. The lowest BCUT2D eigenvalue weighted by Crippen LogP contribution is -2.12. The predicted octanol–water partition coefficient (Wildman–Crippen LogP) is 3.32. The van der Waals surface area contributed by atoms with Gasteiger partial charge in [-0.25, -0.2) is 0 Å². The van der Waals surface area contributed by atoms with Crippen molar-refractivity contribution >= 4 is 17.4 Å². The van der Waals surface area contributed by atoms with Gasteiger partial charge < -0.3 is 14.9 Å². The van der Waals surface area contributed by atoms with Gasteiger partial charge in [0.2, 0.25) is 5.78 Å². The van der Waals surface area contributed by atoms with Gasteiger partial charge in [0, 0.05) is 11.1 Å². The van der Waals surface area contributed by atoms with E-state index in [0.29, 0.717) is 16.3 Å². The van der Waals surface area contributed by atoms with Crippen LogP contribution in [0.1, 0.15) is 15.9 Å². The monoisotopic (exact) mass is 292 g/mol. The van der Waals surface area contributed by atoms with E-state index in [1.165, 1.54) is 6.07 Å². The molecule has 0 aliphatic heterocycles. The number of carbonyl (C=O) groups is 1. The fourth-order valence-corrected chi connectivity index (χ4v) is 1.79. The SMILES string of the molecule is Cc1cc(C(=O)COc2ccc(Cl)cc2)c(O)cc1O. The van der Waals surface area contributed by atoms with Crippen LogP contribution in [0.5, 0.6) is 17.2 Å². The van der Waals surface area contributed by atoms with Gasteiger partial charge in [-0.1, -0.05) is 11.6 Å². The van der Waals surface area contributed by atoms with E-state index >= 15 is 0 Å². The normalized spacial score (nSPS) is 10.3. The molecule has 0 saturated carbocycles. The standard InChI is InChI=1S/C15H13ClO4/c1-9-6-12(14(18)7-13(9)17)15(19)8-20-11-4-2-10(16)3-5-11/h2-7,17-18H,8H2,1H3. The van der Waals surface area contributed by atoms with Crippen molar-refractivity contribution in [2.75, 3.05) is 6.61 Å². The average Bonchev–Trinajstić information content (AvgIpc) is 2.42. The number of ketones is 1. The molecular formula is C15H13ClO4. The van der Waals surface area contributed by atoms with E-state index in [9.17, 15) is 15.0 Å². The van der Waals surface area contributed by atoms with Crippen LogP contribution in [0.15, 0.2) is 36.4 Å². The Bertz CT molecular complexity index is 635. The van der Waals surface area contributed by atoms with Crippen molar-refractivity contribution in [1.29, 1.82) is 0 Å². The lowest BCUT2D eigenvalue weighted by atomic mass is 10.1. The summed E-state index contributed by atoms with van der Waals surface area (Å²) in [6.07, 6.45) is 0. The Kier molecular flexibility index (Phi) is 4.15. The summed E-state index contributed by atoms with van der Waals surface area (Å²) in [6.45, 7) is 1.44. The van der Waals surface area contributed by atoms with Crippen molar-refractivity contribution in [2.45, 2.75) is 6.92 Å². The van der Waals surface area contributed by atoms with E-state index in [1.807, 2.05) is 0 Å². The van der Waals surface area contributed by atoms with Gasteiger partial charge >= 0.3 is 0 Å². The van der Waals surface area contributed by atoms with Crippen molar-refractivity contribution in [3.8, 4) is 17.2 Å². The molecular weight excluding hydrogens is 280 g/mol. The van der Waals surface area contributed by atoms with E-state index in [0.717, 1.165) is 6.07 Å². The minimum Gasteiger partial charge on any atom is -0.508 e. The van der Waals surface area contributed by atoms with Gasteiger partial charge in [-0.3, -0.25) is 4.79 Å². The van der Waals surface area contributed by atoms with Crippen LogP contribution in [0.2, 0.25) is 5.02 Å². The number of ether oxygens (including phenoxy) is 1. The highest BCUT2D eigenvalue weighted by molar-refractivity contribution is 6.30. The Balaban J connectivity index is 2.09. The molecule has 0 aromatic heterocycles. The Labute approximate surface area is 121 Å². The Morgan fingerprint density at radius 1 is 1.15 bits per heavy atom. The van der Waals surface area contributed by atoms with Gasteiger partial charge in [0.05, 0.1) is 5.56 Å². The summed E-state index contributed by atoms with van der Waals surface area (Å²) in [5.41, 5.74) is 0.631. The molecule has 2 aromatic rings. The number of hydrogen-bond donors (Lipinski definition) is 2. The molecule has 4 nitrogen and oxygen atoms in total. The van der Waals surface area contributed by atoms with Gasteiger partial charge in [0.1, 0.15) is 17.2 Å². The van der Waals surface area contributed by atoms with Crippen molar-refractivity contribution in [3.63, 3.8) is 0 Å². The molecule has 2 rings (SSSR count). The van der Waals surface area contributed by atoms with Crippen LogP contribution in [0.4, 0.5) is 0 Å². The maximum atomic E-state index is 12.0. The summed E-state index contributed by atoms with van der Waals surface area (Å²) in [5.74, 6) is -0.186. The third-order valence-electron chi connectivity index (χ3n) is 2.80. The average molecular weight is 293 g/mol. The van der Waals surface area contributed by atoms with Crippen molar-refractivity contribution < 1.29 is 19.7 Å². The Morgan fingerprint density at radius 2 is 1.80 bits per heavy atom. The van der Waals surface area contributed by atoms with Crippen LogP contribution in [-0.2, 0) is 0 Å². The summed E-state index contributed by atoms with van der Waals surface area (Å²) in [5, 5.41) is 19.7. The molecule has 0 spiro atoms. The minimum atomic E-state index is -0.374. The topological polar surface area (TPSA) is 66.8 Å². The smallest absolute Gasteiger partial charge is 0.203 e. The molecule has 0 radical (unpaired) electrons. The molecule has 0 bridgehead atoms. The zero-order valence-corrected chi connectivity index (χ0v) is 11.5. The number of aromatic hydroxyl groups is 2. The van der Waals surface area contributed by atoms with Gasteiger partial charge in [-0.05, 0) is 42.8 Å². The molecule has 0 amide bonds. The molecule has 0 unspecified atom stereocenters. The van der Waals surface area contributed by atoms with Crippen LogP contribution in [0, 0.1) is 6.92 Å². The fourth-order valence-electron chi connectivity index (χ4n) is 1.67. The number of rotatable bonds is 4. The second kappa shape index (κ2) is 5.84. The molecule has 0 saturated heterocycles. The third-order valence-corrected chi connectivity index (χ3v) is 3.05. The van der Waals surface area contributed by atoms with E-state index in [4.69, 9.17) is 16.3 Å². The number of Topliss-reactive ketones (excluding diaryl/α,β-unsaturated/α-hetero) is 1. The number of hydrogen-bond acceptors (Lipinski definition) is 4. The third kappa shape index (κ3) is 3.22. The quantitative estimate of drug-likeness (QED) is 0.848. The second-order valence-electron chi connectivity index (χ2n) is 4.32. The molecule has 2 aromatic carbocycles. The van der Waals surface area contributed by atoms with Crippen LogP contribution in [-0.4, -0.2) is 22.6 Å². The van der Waals surface area contributed by atoms with E-state index in [-0.39, 0.29) is 29.5 Å². The second-order valence-corrected chi connectivity index (χ2v) is 4.76. The molecule has 0 aliphatic rings. The first-order chi connectivity index (χ1) is 9.47. The van der Waals surface area contributed by atoms with Crippen molar-refractivity contribution in [2.24, 2.45) is 0 Å².